The Morgan fingerprint density at radius 2 is 0.744 bits per heavy atom. The predicted octanol–water partition coefficient (Wildman–Crippen LogP) is 8.51. The van der Waals surface area contributed by atoms with E-state index in [0.29, 0.717) is 0 Å². The molecule has 0 aliphatic carbocycles. The van der Waals surface area contributed by atoms with Crippen molar-refractivity contribution in [1.29, 1.82) is 0 Å². The van der Waals surface area contributed by atoms with Gasteiger partial charge in [-0.3, -0.25) is 4.90 Å². The monoisotopic (exact) mass is 612 g/mol. The van der Waals surface area contributed by atoms with E-state index in [0.717, 1.165) is 25.9 Å². The molecular formula is C39H74NNaO2. The SMILES string of the molecule is CCCCCCCC/C=C\CCCCCCCCN(CCCCCCCC/C=C\CCCCCCCC)C(C)C(=O)[O-].[Na+]. The van der Waals surface area contributed by atoms with Gasteiger partial charge in [-0.05, 0) is 84.2 Å². The summed E-state index contributed by atoms with van der Waals surface area (Å²) in [5.74, 6) is -0.927. The fourth-order valence-corrected chi connectivity index (χ4v) is 5.77. The van der Waals surface area contributed by atoms with Gasteiger partial charge in [-0.1, -0.05) is 154 Å². The zero-order chi connectivity index (χ0) is 30.8. The minimum absolute atomic E-state index is 0. The molecule has 248 valence electrons. The van der Waals surface area contributed by atoms with E-state index in [1.54, 1.807) is 6.92 Å². The second kappa shape index (κ2) is 38.1. The van der Waals surface area contributed by atoms with Crippen LogP contribution in [-0.2, 0) is 4.79 Å². The summed E-state index contributed by atoms with van der Waals surface area (Å²) in [6.07, 6.45) is 46.1. The molecule has 0 saturated heterocycles. The number of hydrogen-bond donors (Lipinski definition) is 0. The minimum atomic E-state index is -0.927. The fraction of sp³-hybridized carbons (Fsp3) is 0.872. The van der Waals surface area contributed by atoms with Crippen molar-refractivity contribution in [1.82, 2.24) is 4.90 Å². The number of carbonyl (C=O) groups is 1. The van der Waals surface area contributed by atoms with Gasteiger partial charge in [0.25, 0.3) is 0 Å². The van der Waals surface area contributed by atoms with Crippen LogP contribution in [0.2, 0.25) is 0 Å². The van der Waals surface area contributed by atoms with Gasteiger partial charge in [0.2, 0.25) is 0 Å². The maximum absolute atomic E-state index is 11.5. The zero-order valence-corrected chi connectivity index (χ0v) is 31.9. The largest absolute Gasteiger partial charge is 1.00 e. The molecule has 3 nitrogen and oxygen atoms in total. The summed E-state index contributed by atoms with van der Waals surface area (Å²) in [4.78, 5) is 13.7. The standard InChI is InChI=1S/C39H75NO2.Na/c1-4-6-8-10-12-14-16-18-20-22-24-26-28-30-32-34-36-40(38(3)39(41)42)37-35-33-31-29-27-25-23-21-19-17-15-13-11-9-7-5-2;/h18-21,38H,4-17,22-37H2,1-3H3,(H,41,42);/q;+1/p-1/b20-18-,21-19-;. The zero-order valence-electron chi connectivity index (χ0n) is 29.9. The summed E-state index contributed by atoms with van der Waals surface area (Å²) in [5, 5.41) is 11.5. The van der Waals surface area contributed by atoms with E-state index in [1.807, 2.05) is 0 Å². The van der Waals surface area contributed by atoms with Gasteiger partial charge in [-0.2, -0.15) is 0 Å². The molecule has 0 rings (SSSR count). The molecule has 0 N–H and O–H groups in total. The molecule has 0 heterocycles. The molecule has 4 heteroatoms. The molecule has 0 saturated carbocycles. The summed E-state index contributed by atoms with van der Waals surface area (Å²) in [6.45, 7) is 8.13. The number of carbonyl (C=O) groups excluding carboxylic acids is 1. The van der Waals surface area contributed by atoms with Gasteiger partial charge in [-0.15, -0.1) is 0 Å². The molecule has 0 aromatic rings. The summed E-state index contributed by atoms with van der Waals surface area (Å²) in [5.41, 5.74) is 0. The third-order valence-electron chi connectivity index (χ3n) is 8.80. The molecule has 0 bridgehead atoms. The Labute approximate surface area is 292 Å². The first-order valence-corrected chi connectivity index (χ1v) is 18.9. The molecule has 0 spiro atoms. The number of nitrogens with zero attached hydrogens (tertiary/aromatic N) is 1. The Morgan fingerprint density at radius 1 is 0.488 bits per heavy atom. The van der Waals surface area contributed by atoms with Crippen molar-refractivity contribution in [2.75, 3.05) is 13.1 Å². The Hall–Kier alpha value is -0.0900. The van der Waals surface area contributed by atoms with Crippen LogP contribution in [0, 0.1) is 0 Å². The van der Waals surface area contributed by atoms with E-state index < -0.39 is 12.0 Å². The topological polar surface area (TPSA) is 43.4 Å². The number of hydrogen-bond acceptors (Lipinski definition) is 3. The van der Waals surface area contributed by atoms with Gasteiger partial charge in [0, 0.05) is 6.04 Å². The fourth-order valence-electron chi connectivity index (χ4n) is 5.77. The average Bonchev–Trinajstić information content (AvgIpc) is 2.99. The number of aliphatic carboxylic acids is 1. The Balaban J connectivity index is 0. The average molecular weight is 612 g/mol. The molecule has 0 amide bonds. The number of rotatable bonds is 34. The van der Waals surface area contributed by atoms with Crippen molar-refractivity contribution in [3.8, 4) is 0 Å². The second-order valence-corrected chi connectivity index (χ2v) is 12.9. The van der Waals surface area contributed by atoms with Crippen LogP contribution >= 0.6 is 0 Å². The molecule has 0 aliphatic heterocycles. The minimum Gasteiger partial charge on any atom is -0.548 e. The van der Waals surface area contributed by atoms with Crippen LogP contribution in [-0.4, -0.2) is 30.0 Å². The molecular weight excluding hydrogens is 537 g/mol. The van der Waals surface area contributed by atoms with Gasteiger partial charge in [0.15, 0.2) is 0 Å². The number of carboxylic acid groups (broad SMARTS) is 1. The van der Waals surface area contributed by atoms with E-state index in [1.165, 1.54) is 167 Å². The van der Waals surface area contributed by atoms with Crippen molar-refractivity contribution < 1.29 is 39.5 Å². The van der Waals surface area contributed by atoms with Crippen LogP contribution in [0.5, 0.6) is 0 Å². The van der Waals surface area contributed by atoms with Gasteiger partial charge < -0.3 is 9.90 Å². The smallest absolute Gasteiger partial charge is 0.548 e. The Kier molecular flexibility index (Phi) is 39.9. The maximum atomic E-state index is 11.5. The molecule has 0 fully saturated rings. The first kappa shape index (κ1) is 45.0. The van der Waals surface area contributed by atoms with E-state index in [-0.39, 0.29) is 29.6 Å². The van der Waals surface area contributed by atoms with Gasteiger partial charge >= 0.3 is 29.6 Å². The number of unbranched alkanes of at least 4 members (excludes halogenated alkanes) is 24. The van der Waals surface area contributed by atoms with E-state index >= 15 is 0 Å². The first-order valence-electron chi connectivity index (χ1n) is 18.9. The van der Waals surface area contributed by atoms with Gasteiger partial charge in [-0.25, -0.2) is 0 Å². The van der Waals surface area contributed by atoms with Gasteiger partial charge in [0.05, 0.1) is 5.97 Å². The third-order valence-corrected chi connectivity index (χ3v) is 8.80. The number of carboxylic acids is 1. The first-order chi connectivity index (χ1) is 20.6. The number of allylic oxidation sites excluding steroid dienone is 4. The van der Waals surface area contributed by atoms with Crippen molar-refractivity contribution >= 4 is 5.97 Å². The van der Waals surface area contributed by atoms with Crippen LogP contribution in [0.4, 0.5) is 0 Å². The summed E-state index contributed by atoms with van der Waals surface area (Å²) >= 11 is 0. The molecule has 0 aromatic heterocycles. The Bertz CT molecular complexity index is 564. The van der Waals surface area contributed by atoms with Crippen LogP contribution in [0.3, 0.4) is 0 Å². The molecule has 0 aromatic carbocycles. The molecule has 1 unspecified atom stereocenters. The van der Waals surface area contributed by atoms with Crippen LogP contribution in [0.15, 0.2) is 24.3 Å². The predicted molar refractivity (Wildman–Crippen MR) is 185 cm³/mol. The molecule has 1 atom stereocenters. The van der Waals surface area contributed by atoms with Crippen molar-refractivity contribution in [2.24, 2.45) is 0 Å². The third kappa shape index (κ3) is 34.6. The van der Waals surface area contributed by atoms with E-state index in [9.17, 15) is 9.90 Å². The summed E-state index contributed by atoms with van der Waals surface area (Å²) in [6, 6.07) is -0.476. The normalized spacial score (nSPS) is 12.5. The second-order valence-electron chi connectivity index (χ2n) is 12.9. The quantitative estimate of drug-likeness (QED) is 0.0416. The van der Waals surface area contributed by atoms with Crippen LogP contribution in [0.25, 0.3) is 0 Å². The molecule has 0 radical (unpaired) electrons. The van der Waals surface area contributed by atoms with Crippen molar-refractivity contribution in [3.05, 3.63) is 24.3 Å². The molecule has 0 aliphatic rings. The molecule has 43 heavy (non-hydrogen) atoms. The van der Waals surface area contributed by atoms with Crippen LogP contribution in [0.1, 0.15) is 201 Å². The van der Waals surface area contributed by atoms with Crippen molar-refractivity contribution in [3.63, 3.8) is 0 Å². The summed E-state index contributed by atoms with van der Waals surface area (Å²) in [7, 11) is 0. The maximum Gasteiger partial charge on any atom is 1.00 e. The van der Waals surface area contributed by atoms with Gasteiger partial charge in [0.1, 0.15) is 0 Å². The summed E-state index contributed by atoms with van der Waals surface area (Å²) < 4.78 is 0. The van der Waals surface area contributed by atoms with Crippen LogP contribution < -0.4 is 34.7 Å². The van der Waals surface area contributed by atoms with Crippen molar-refractivity contribution in [2.45, 2.75) is 207 Å². The Morgan fingerprint density at radius 3 is 1.02 bits per heavy atom. The van der Waals surface area contributed by atoms with E-state index in [4.69, 9.17) is 0 Å². The van der Waals surface area contributed by atoms with E-state index in [2.05, 4.69) is 43.1 Å².